The fourth-order valence-corrected chi connectivity index (χ4v) is 1.76. The first-order valence-electron chi connectivity index (χ1n) is 4.98. The zero-order valence-electron chi connectivity index (χ0n) is 8.87. The lowest BCUT2D eigenvalue weighted by Crippen LogP contribution is -2.05. The van der Waals surface area contributed by atoms with Gasteiger partial charge in [0.2, 0.25) is 0 Å². The summed E-state index contributed by atoms with van der Waals surface area (Å²) in [4.78, 5) is 12.0. The van der Waals surface area contributed by atoms with Crippen LogP contribution in [0.25, 0.3) is 0 Å². The largest absolute Gasteiger partial charge is 0.472 e. The zero-order chi connectivity index (χ0) is 11.5. The summed E-state index contributed by atoms with van der Waals surface area (Å²) in [6, 6.07) is 7.16. The average Bonchev–Trinajstić information content (AvgIpc) is 2.74. The Hall–Kier alpha value is -1.54. The van der Waals surface area contributed by atoms with Crippen LogP contribution in [0.1, 0.15) is 21.5 Å². The van der Waals surface area contributed by atoms with Gasteiger partial charge < -0.3 is 4.42 Å². The first kappa shape index (κ1) is 11.0. The first-order chi connectivity index (χ1) is 7.68. The third-order valence-corrected chi connectivity index (χ3v) is 2.92. The summed E-state index contributed by atoms with van der Waals surface area (Å²) in [6.45, 7) is 1.85. The van der Waals surface area contributed by atoms with Crippen molar-refractivity contribution >= 4 is 17.4 Å². The molecule has 0 fully saturated rings. The normalized spacial score (nSPS) is 10.4. The van der Waals surface area contributed by atoms with Gasteiger partial charge in [-0.05, 0) is 30.2 Å². The van der Waals surface area contributed by atoms with E-state index in [-0.39, 0.29) is 5.78 Å². The van der Waals surface area contributed by atoms with Crippen LogP contribution in [-0.2, 0) is 6.42 Å². The van der Waals surface area contributed by atoms with Crippen LogP contribution < -0.4 is 0 Å². The van der Waals surface area contributed by atoms with Crippen LogP contribution in [0.2, 0.25) is 5.02 Å². The molecule has 1 aromatic heterocycles. The molecular formula is C13H11ClO2. The minimum atomic E-state index is 0.0569. The van der Waals surface area contributed by atoms with E-state index in [2.05, 4.69) is 0 Å². The molecule has 0 amide bonds. The molecule has 0 unspecified atom stereocenters. The highest BCUT2D eigenvalue weighted by molar-refractivity contribution is 6.31. The fourth-order valence-electron chi connectivity index (χ4n) is 1.58. The molecular weight excluding hydrogens is 224 g/mol. The lowest BCUT2D eigenvalue weighted by atomic mass is 10.0. The second-order valence-electron chi connectivity index (χ2n) is 3.64. The van der Waals surface area contributed by atoms with Gasteiger partial charge in [0.15, 0.2) is 5.78 Å². The number of furan rings is 1. The number of hydrogen-bond donors (Lipinski definition) is 0. The third kappa shape index (κ3) is 2.17. The Labute approximate surface area is 98.8 Å². The molecule has 2 rings (SSSR count). The summed E-state index contributed by atoms with van der Waals surface area (Å²) in [5.41, 5.74) is 2.38. The minimum Gasteiger partial charge on any atom is -0.472 e. The van der Waals surface area contributed by atoms with Crippen LogP contribution >= 0.6 is 11.6 Å². The van der Waals surface area contributed by atoms with Gasteiger partial charge in [0.25, 0.3) is 0 Å². The van der Waals surface area contributed by atoms with Crippen molar-refractivity contribution in [1.29, 1.82) is 0 Å². The molecule has 0 N–H and O–H groups in total. The Morgan fingerprint density at radius 3 is 2.88 bits per heavy atom. The van der Waals surface area contributed by atoms with Crippen molar-refractivity contribution in [2.75, 3.05) is 0 Å². The Bertz CT molecular complexity index is 501. The monoisotopic (exact) mass is 234 g/mol. The number of rotatable bonds is 3. The van der Waals surface area contributed by atoms with E-state index in [1.54, 1.807) is 36.8 Å². The van der Waals surface area contributed by atoms with Gasteiger partial charge in [0.05, 0.1) is 12.5 Å². The van der Waals surface area contributed by atoms with Crippen molar-refractivity contribution in [2.45, 2.75) is 13.3 Å². The summed E-state index contributed by atoms with van der Waals surface area (Å²) in [6.07, 6.45) is 3.49. The maximum Gasteiger partial charge on any atom is 0.167 e. The van der Waals surface area contributed by atoms with Crippen LogP contribution in [0.5, 0.6) is 0 Å². The van der Waals surface area contributed by atoms with Gasteiger partial charge >= 0.3 is 0 Å². The standard InChI is InChI=1S/C13H11ClO2/c1-9-11(3-2-4-12(9)14)13(15)7-10-5-6-16-8-10/h2-6,8H,7H2,1H3. The molecule has 0 radical (unpaired) electrons. The van der Waals surface area contributed by atoms with E-state index in [1.807, 2.05) is 6.92 Å². The van der Waals surface area contributed by atoms with Crippen molar-refractivity contribution in [3.05, 3.63) is 58.5 Å². The number of halogens is 1. The molecule has 16 heavy (non-hydrogen) atoms. The molecule has 0 atom stereocenters. The minimum absolute atomic E-state index is 0.0569. The quantitative estimate of drug-likeness (QED) is 0.759. The number of carbonyl (C=O) groups excluding carboxylic acids is 1. The van der Waals surface area contributed by atoms with Crippen LogP contribution in [0, 0.1) is 6.92 Å². The molecule has 0 aliphatic rings. The van der Waals surface area contributed by atoms with Gasteiger partial charge in [0.1, 0.15) is 0 Å². The number of hydrogen-bond acceptors (Lipinski definition) is 2. The Kier molecular flexibility index (Phi) is 3.11. The molecule has 1 aromatic carbocycles. The summed E-state index contributed by atoms with van der Waals surface area (Å²) in [5.74, 6) is 0.0569. The van der Waals surface area contributed by atoms with Gasteiger partial charge in [0, 0.05) is 17.0 Å². The van der Waals surface area contributed by atoms with E-state index < -0.39 is 0 Å². The third-order valence-electron chi connectivity index (χ3n) is 2.51. The summed E-state index contributed by atoms with van der Waals surface area (Å²) in [7, 11) is 0. The van der Waals surface area contributed by atoms with Crippen LogP contribution in [0.15, 0.2) is 41.2 Å². The summed E-state index contributed by atoms with van der Waals surface area (Å²) in [5, 5.41) is 0.623. The number of carbonyl (C=O) groups is 1. The molecule has 0 spiro atoms. The smallest absolute Gasteiger partial charge is 0.167 e. The lowest BCUT2D eigenvalue weighted by Gasteiger charge is -2.05. The molecule has 0 aliphatic heterocycles. The van der Waals surface area contributed by atoms with Crippen LogP contribution in [0.4, 0.5) is 0 Å². The molecule has 3 heteroatoms. The van der Waals surface area contributed by atoms with E-state index in [0.29, 0.717) is 17.0 Å². The van der Waals surface area contributed by atoms with Gasteiger partial charge in [-0.25, -0.2) is 0 Å². The van der Waals surface area contributed by atoms with E-state index >= 15 is 0 Å². The van der Waals surface area contributed by atoms with Crippen molar-refractivity contribution < 1.29 is 9.21 Å². The highest BCUT2D eigenvalue weighted by atomic mass is 35.5. The predicted molar refractivity (Wildman–Crippen MR) is 62.9 cm³/mol. The van der Waals surface area contributed by atoms with E-state index in [1.165, 1.54) is 0 Å². The topological polar surface area (TPSA) is 30.2 Å². The summed E-state index contributed by atoms with van der Waals surface area (Å²) < 4.78 is 4.93. The van der Waals surface area contributed by atoms with Crippen LogP contribution in [0.3, 0.4) is 0 Å². The van der Waals surface area contributed by atoms with Crippen molar-refractivity contribution in [1.82, 2.24) is 0 Å². The van der Waals surface area contributed by atoms with Gasteiger partial charge in [-0.15, -0.1) is 0 Å². The van der Waals surface area contributed by atoms with Gasteiger partial charge in [-0.1, -0.05) is 23.7 Å². The second kappa shape index (κ2) is 4.54. The number of Topliss-reactive ketones (excluding diaryl/α,β-unsaturated/α-hetero) is 1. The second-order valence-corrected chi connectivity index (χ2v) is 4.05. The van der Waals surface area contributed by atoms with E-state index in [4.69, 9.17) is 16.0 Å². The molecule has 0 aliphatic carbocycles. The molecule has 1 heterocycles. The molecule has 0 bridgehead atoms. The van der Waals surface area contributed by atoms with Gasteiger partial charge in [-0.3, -0.25) is 4.79 Å². The Balaban J connectivity index is 2.24. The highest BCUT2D eigenvalue weighted by Gasteiger charge is 2.11. The van der Waals surface area contributed by atoms with Crippen molar-refractivity contribution in [3.63, 3.8) is 0 Å². The Morgan fingerprint density at radius 2 is 2.19 bits per heavy atom. The molecule has 2 nitrogen and oxygen atoms in total. The van der Waals surface area contributed by atoms with E-state index in [0.717, 1.165) is 11.1 Å². The number of ketones is 1. The predicted octanol–water partition coefficient (Wildman–Crippen LogP) is 3.67. The highest BCUT2D eigenvalue weighted by Crippen LogP contribution is 2.20. The number of benzene rings is 1. The zero-order valence-corrected chi connectivity index (χ0v) is 9.62. The first-order valence-corrected chi connectivity index (χ1v) is 5.35. The van der Waals surface area contributed by atoms with Crippen molar-refractivity contribution in [3.8, 4) is 0 Å². The van der Waals surface area contributed by atoms with Crippen LogP contribution in [-0.4, -0.2) is 5.78 Å². The molecule has 2 aromatic rings. The fraction of sp³-hybridized carbons (Fsp3) is 0.154. The van der Waals surface area contributed by atoms with E-state index in [9.17, 15) is 4.79 Å². The Morgan fingerprint density at radius 1 is 1.38 bits per heavy atom. The maximum absolute atomic E-state index is 12.0. The molecule has 0 saturated carbocycles. The van der Waals surface area contributed by atoms with Gasteiger partial charge in [-0.2, -0.15) is 0 Å². The maximum atomic E-state index is 12.0. The molecule has 0 saturated heterocycles. The summed E-state index contributed by atoms with van der Waals surface area (Å²) >= 11 is 5.97. The average molecular weight is 235 g/mol. The lowest BCUT2D eigenvalue weighted by molar-refractivity contribution is 0.0992. The SMILES string of the molecule is Cc1c(Cl)cccc1C(=O)Cc1ccoc1. The van der Waals surface area contributed by atoms with Crippen molar-refractivity contribution in [2.24, 2.45) is 0 Å². The molecule has 82 valence electrons.